The van der Waals surface area contributed by atoms with Gasteiger partial charge < -0.3 is 4.90 Å². The van der Waals surface area contributed by atoms with E-state index in [-0.39, 0.29) is 11.5 Å². The molecule has 1 atom stereocenters. The standard InChI is InChI=1S/C15H21F3N2O2S/c1-20-7-3-5-13(10-20)9-19-23(21,22)11-12-4-2-6-14(8-12)15(16,17)18/h2,4,6,8,13,19H,3,5,7,9-11H2,1H3. The van der Waals surface area contributed by atoms with Gasteiger partial charge in [0.05, 0.1) is 11.3 Å². The smallest absolute Gasteiger partial charge is 0.306 e. The molecule has 2 rings (SSSR count). The van der Waals surface area contributed by atoms with E-state index in [4.69, 9.17) is 0 Å². The van der Waals surface area contributed by atoms with Crippen LogP contribution in [-0.4, -0.2) is 40.0 Å². The molecule has 130 valence electrons. The predicted molar refractivity (Wildman–Crippen MR) is 82.3 cm³/mol. The second-order valence-corrected chi connectivity index (χ2v) is 7.88. The monoisotopic (exact) mass is 350 g/mol. The molecule has 1 aliphatic rings. The van der Waals surface area contributed by atoms with E-state index in [9.17, 15) is 21.6 Å². The highest BCUT2D eigenvalue weighted by atomic mass is 32.2. The Kier molecular flexibility index (Phi) is 5.70. The topological polar surface area (TPSA) is 49.4 Å². The van der Waals surface area contributed by atoms with Crippen molar-refractivity contribution < 1.29 is 21.6 Å². The van der Waals surface area contributed by atoms with Crippen molar-refractivity contribution in [2.45, 2.75) is 24.8 Å². The Bertz CT molecular complexity index is 632. The summed E-state index contributed by atoms with van der Waals surface area (Å²) in [5, 5.41) is 0. The van der Waals surface area contributed by atoms with Crippen molar-refractivity contribution in [3.05, 3.63) is 35.4 Å². The second kappa shape index (κ2) is 7.19. The van der Waals surface area contributed by atoms with Crippen molar-refractivity contribution in [3.63, 3.8) is 0 Å². The number of piperidine rings is 1. The zero-order valence-corrected chi connectivity index (χ0v) is 13.8. The minimum absolute atomic E-state index is 0.132. The van der Waals surface area contributed by atoms with Crippen LogP contribution in [0.2, 0.25) is 0 Å². The maximum Gasteiger partial charge on any atom is 0.416 e. The number of hydrogen-bond donors (Lipinski definition) is 1. The van der Waals surface area contributed by atoms with Gasteiger partial charge in [-0.05, 0) is 44.0 Å². The highest BCUT2D eigenvalue weighted by Crippen LogP contribution is 2.29. The van der Waals surface area contributed by atoms with E-state index in [0.29, 0.717) is 6.54 Å². The van der Waals surface area contributed by atoms with Crippen LogP contribution in [0.25, 0.3) is 0 Å². The van der Waals surface area contributed by atoms with E-state index in [0.717, 1.165) is 38.1 Å². The van der Waals surface area contributed by atoms with E-state index < -0.39 is 27.5 Å². The Morgan fingerprint density at radius 3 is 2.74 bits per heavy atom. The number of nitrogens with one attached hydrogen (secondary N) is 1. The van der Waals surface area contributed by atoms with Crippen molar-refractivity contribution in [3.8, 4) is 0 Å². The van der Waals surface area contributed by atoms with Crippen molar-refractivity contribution in [2.75, 3.05) is 26.7 Å². The first kappa shape index (κ1) is 18.2. The number of rotatable bonds is 5. The Morgan fingerprint density at radius 2 is 2.09 bits per heavy atom. The van der Waals surface area contributed by atoms with E-state index in [1.165, 1.54) is 12.1 Å². The quantitative estimate of drug-likeness (QED) is 0.888. The Morgan fingerprint density at radius 1 is 1.35 bits per heavy atom. The van der Waals surface area contributed by atoms with E-state index in [1.54, 1.807) is 0 Å². The maximum atomic E-state index is 12.7. The van der Waals surface area contributed by atoms with E-state index >= 15 is 0 Å². The average molecular weight is 350 g/mol. The molecule has 4 nitrogen and oxygen atoms in total. The number of nitrogens with zero attached hydrogens (tertiary/aromatic N) is 1. The van der Waals surface area contributed by atoms with Gasteiger partial charge in [0.1, 0.15) is 0 Å². The first-order valence-electron chi connectivity index (χ1n) is 7.48. The summed E-state index contributed by atoms with van der Waals surface area (Å²) in [6.45, 7) is 2.16. The Hall–Kier alpha value is -1.12. The summed E-state index contributed by atoms with van der Waals surface area (Å²) in [6, 6.07) is 4.43. The van der Waals surface area contributed by atoms with Crippen molar-refractivity contribution >= 4 is 10.0 Å². The largest absolute Gasteiger partial charge is 0.416 e. The molecule has 1 fully saturated rings. The third-order valence-electron chi connectivity index (χ3n) is 3.92. The van der Waals surface area contributed by atoms with Gasteiger partial charge in [0.2, 0.25) is 10.0 Å². The fourth-order valence-corrected chi connectivity index (χ4v) is 4.00. The molecule has 0 amide bonds. The second-order valence-electron chi connectivity index (χ2n) is 6.08. The van der Waals surface area contributed by atoms with Crippen LogP contribution in [0.1, 0.15) is 24.0 Å². The van der Waals surface area contributed by atoms with Crippen LogP contribution in [0.15, 0.2) is 24.3 Å². The lowest BCUT2D eigenvalue weighted by molar-refractivity contribution is -0.137. The number of halogens is 3. The molecule has 1 N–H and O–H groups in total. The summed E-state index contributed by atoms with van der Waals surface area (Å²) in [6.07, 6.45) is -2.49. The molecule has 1 aromatic carbocycles. The van der Waals surface area contributed by atoms with Crippen LogP contribution in [0.5, 0.6) is 0 Å². The number of benzene rings is 1. The van der Waals surface area contributed by atoms with Crippen molar-refractivity contribution in [1.29, 1.82) is 0 Å². The molecule has 1 aromatic rings. The van der Waals surface area contributed by atoms with Crippen molar-refractivity contribution in [1.82, 2.24) is 9.62 Å². The molecule has 0 bridgehead atoms. The average Bonchev–Trinajstić information content (AvgIpc) is 2.44. The zero-order chi connectivity index (χ0) is 17.1. The molecule has 0 radical (unpaired) electrons. The predicted octanol–water partition coefficient (Wildman–Crippen LogP) is 2.47. The molecule has 1 heterocycles. The summed E-state index contributed by atoms with van der Waals surface area (Å²) < 4.78 is 64.7. The highest BCUT2D eigenvalue weighted by Gasteiger charge is 2.30. The van der Waals surface area contributed by atoms with Crippen LogP contribution >= 0.6 is 0 Å². The van der Waals surface area contributed by atoms with Crippen LogP contribution in [0.4, 0.5) is 13.2 Å². The summed E-state index contributed by atoms with van der Waals surface area (Å²) >= 11 is 0. The third kappa shape index (κ3) is 5.78. The van der Waals surface area contributed by atoms with Crippen LogP contribution in [-0.2, 0) is 22.0 Å². The molecule has 1 saturated heterocycles. The molecule has 0 aromatic heterocycles. The number of sulfonamides is 1. The van der Waals surface area contributed by atoms with Gasteiger partial charge >= 0.3 is 6.18 Å². The number of hydrogen-bond acceptors (Lipinski definition) is 3. The first-order valence-corrected chi connectivity index (χ1v) is 9.13. The normalized spacial score (nSPS) is 20.6. The molecule has 0 saturated carbocycles. The zero-order valence-electron chi connectivity index (χ0n) is 12.9. The molecular weight excluding hydrogens is 329 g/mol. The molecule has 0 aliphatic carbocycles. The van der Waals surface area contributed by atoms with Gasteiger partial charge in [0.25, 0.3) is 0 Å². The van der Waals surface area contributed by atoms with E-state index in [1.807, 2.05) is 7.05 Å². The van der Waals surface area contributed by atoms with Gasteiger partial charge in [-0.3, -0.25) is 0 Å². The number of likely N-dealkylation sites (tertiary alicyclic amines) is 1. The number of alkyl halides is 3. The summed E-state index contributed by atoms with van der Waals surface area (Å²) in [4.78, 5) is 2.15. The SMILES string of the molecule is CN1CCCC(CNS(=O)(=O)Cc2cccc(C(F)(F)F)c2)C1. The van der Waals surface area contributed by atoms with Crippen LogP contribution < -0.4 is 4.72 Å². The lowest BCUT2D eigenvalue weighted by Gasteiger charge is -2.29. The first-order chi connectivity index (χ1) is 10.7. The fourth-order valence-electron chi connectivity index (χ4n) is 2.79. The lowest BCUT2D eigenvalue weighted by Crippen LogP contribution is -2.39. The molecule has 1 unspecified atom stereocenters. The molecule has 1 aliphatic heterocycles. The van der Waals surface area contributed by atoms with Crippen LogP contribution in [0, 0.1) is 5.92 Å². The third-order valence-corrected chi connectivity index (χ3v) is 5.24. The highest BCUT2D eigenvalue weighted by molar-refractivity contribution is 7.88. The molecule has 8 heteroatoms. The van der Waals surface area contributed by atoms with E-state index in [2.05, 4.69) is 9.62 Å². The summed E-state index contributed by atoms with van der Waals surface area (Å²) in [5.41, 5.74) is -0.702. The molecule has 23 heavy (non-hydrogen) atoms. The summed E-state index contributed by atoms with van der Waals surface area (Å²) in [7, 11) is -1.66. The Labute approximate surface area is 134 Å². The van der Waals surface area contributed by atoms with Crippen molar-refractivity contribution in [2.24, 2.45) is 5.92 Å². The van der Waals surface area contributed by atoms with Gasteiger partial charge in [-0.15, -0.1) is 0 Å². The molecular formula is C15H21F3N2O2S. The fraction of sp³-hybridized carbons (Fsp3) is 0.600. The van der Waals surface area contributed by atoms with Gasteiger partial charge in [-0.25, -0.2) is 13.1 Å². The van der Waals surface area contributed by atoms with Gasteiger partial charge in [0, 0.05) is 13.1 Å². The Balaban J connectivity index is 1.95. The van der Waals surface area contributed by atoms with Gasteiger partial charge in [-0.2, -0.15) is 13.2 Å². The van der Waals surface area contributed by atoms with Crippen LogP contribution in [0.3, 0.4) is 0 Å². The summed E-state index contributed by atoms with van der Waals surface area (Å²) in [5.74, 6) is -0.204. The lowest BCUT2D eigenvalue weighted by atomic mass is 9.99. The minimum Gasteiger partial charge on any atom is -0.306 e. The van der Waals surface area contributed by atoms with Gasteiger partial charge in [-0.1, -0.05) is 18.2 Å². The molecule has 0 spiro atoms. The maximum absolute atomic E-state index is 12.7. The van der Waals surface area contributed by atoms with Gasteiger partial charge in [0.15, 0.2) is 0 Å². The minimum atomic E-state index is -4.47.